The van der Waals surface area contributed by atoms with Gasteiger partial charge in [0.2, 0.25) is 10.4 Å². The maximum Gasteiger partial charge on any atom is 0.217 e. The van der Waals surface area contributed by atoms with Crippen molar-refractivity contribution in [3.8, 4) is 0 Å². The molecule has 0 aromatic carbocycles. The Kier molecular flexibility index (Phi) is 5.58. The van der Waals surface area contributed by atoms with E-state index in [0.29, 0.717) is 0 Å². The van der Waals surface area contributed by atoms with Gasteiger partial charge in [-0.15, -0.1) is 0 Å². The van der Waals surface area contributed by atoms with E-state index in [1.807, 2.05) is 0 Å². The molecule has 1 aliphatic heterocycles. The van der Waals surface area contributed by atoms with Crippen molar-refractivity contribution in [2.75, 3.05) is 34.3 Å². The van der Waals surface area contributed by atoms with Gasteiger partial charge in [0.05, 0.1) is 34.3 Å². The first-order valence-corrected chi connectivity index (χ1v) is 5.94. The average Bonchev–Trinajstić information content (AvgIpc) is 2.04. The van der Waals surface area contributed by atoms with Crippen molar-refractivity contribution in [2.45, 2.75) is 19.3 Å². The molecule has 14 heavy (non-hydrogen) atoms. The van der Waals surface area contributed by atoms with Crippen LogP contribution in [0, 0.1) is 0 Å². The maximum absolute atomic E-state index is 9.22. The highest BCUT2D eigenvalue weighted by molar-refractivity contribution is 7.80. The number of rotatable bonds is 1. The second kappa shape index (κ2) is 5.65. The summed E-state index contributed by atoms with van der Waals surface area (Å²) in [6.07, 6.45) is 4.34. The monoisotopic (exact) mass is 225 g/mol. The van der Waals surface area contributed by atoms with Crippen LogP contribution in [-0.2, 0) is 14.6 Å². The van der Waals surface area contributed by atoms with Crippen LogP contribution in [0.25, 0.3) is 0 Å². The molecule has 1 rings (SSSR count). The molecule has 0 aromatic heterocycles. The Hall–Kier alpha value is -0.170. The summed E-state index contributed by atoms with van der Waals surface area (Å²) in [6, 6.07) is 0. The number of hydrogen-bond donors (Lipinski definition) is 0. The molecule has 0 aliphatic carbocycles. The zero-order valence-electron chi connectivity index (χ0n) is 9.02. The molecule has 0 amide bonds. The van der Waals surface area contributed by atoms with Crippen molar-refractivity contribution in [1.82, 2.24) is 0 Å². The van der Waals surface area contributed by atoms with Crippen LogP contribution in [0.2, 0.25) is 0 Å². The van der Waals surface area contributed by atoms with Gasteiger partial charge in [0.1, 0.15) is 0 Å². The molecule has 0 saturated carbocycles. The zero-order chi connectivity index (χ0) is 11.2. The van der Waals surface area contributed by atoms with Crippen LogP contribution in [0.15, 0.2) is 0 Å². The number of piperidine rings is 1. The Labute approximate surface area is 86.2 Å². The Balaban J connectivity index is 0.000000255. The van der Waals surface area contributed by atoms with Crippen molar-refractivity contribution < 1.29 is 21.6 Å². The molecule has 1 aliphatic rings. The summed E-state index contributed by atoms with van der Waals surface area (Å²) in [4.78, 5) is 0. The van der Waals surface area contributed by atoms with Gasteiger partial charge < -0.3 is 9.04 Å². The number of quaternary nitrogens is 1. The lowest BCUT2D eigenvalue weighted by molar-refractivity contribution is -0.894. The summed E-state index contributed by atoms with van der Waals surface area (Å²) < 4.78 is 32.3. The molecule has 0 aromatic rings. The third-order valence-electron chi connectivity index (χ3n) is 2.23. The molecule has 0 atom stereocenters. The number of hydrogen-bond acceptors (Lipinski definition) is 4. The average molecular weight is 225 g/mol. The highest BCUT2D eigenvalue weighted by atomic mass is 32.3. The Morgan fingerprint density at radius 1 is 1.14 bits per heavy atom. The lowest BCUT2D eigenvalue weighted by atomic mass is 10.1. The first-order chi connectivity index (χ1) is 6.27. The van der Waals surface area contributed by atoms with Gasteiger partial charge in [0.15, 0.2) is 0 Å². The smallest absolute Gasteiger partial charge is 0.217 e. The van der Waals surface area contributed by atoms with Crippen LogP contribution >= 0.6 is 0 Å². The van der Waals surface area contributed by atoms with Crippen LogP contribution in [0.1, 0.15) is 19.3 Å². The minimum atomic E-state index is -4.41. The molecule has 0 unspecified atom stereocenters. The van der Waals surface area contributed by atoms with E-state index in [4.69, 9.17) is 0 Å². The lowest BCUT2D eigenvalue weighted by Crippen LogP contribution is -2.43. The highest BCUT2D eigenvalue weighted by Crippen LogP contribution is 2.12. The van der Waals surface area contributed by atoms with Gasteiger partial charge in [-0.1, -0.05) is 0 Å². The first kappa shape index (κ1) is 13.8. The van der Waals surface area contributed by atoms with E-state index < -0.39 is 10.4 Å². The topological polar surface area (TPSA) is 66.4 Å². The Bertz CT molecular complexity index is 240. The van der Waals surface area contributed by atoms with Crippen molar-refractivity contribution in [3.63, 3.8) is 0 Å². The molecule has 1 fully saturated rings. The van der Waals surface area contributed by atoms with E-state index >= 15 is 0 Å². The van der Waals surface area contributed by atoms with Gasteiger partial charge in [-0.2, -0.15) is 0 Å². The van der Waals surface area contributed by atoms with Crippen LogP contribution in [0.4, 0.5) is 0 Å². The summed E-state index contributed by atoms with van der Waals surface area (Å²) in [5.41, 5.74) is 0. The Morgan fingerprint density at radius 3 is 1.64 bits per heavy atom. The fourth-order valence-electron chi connectivity index (χ4n) is 1.37. The summed E-state index contributed by atoms with van der Waals surface area (Å²) in [5.74, 6) is 0. The van der Waals surface area contributed by atoms with Gasteiger partial charge in [0, 0.05) is 0 Å². The van der Waals surface area contributed by atoms with E-state index in [9.17, 15) is 13.0 Å². The fourth-order valence-corrected chi connectivity index (χ4v) is 1.37. The van der Waals surface area contributed by atoms with Crippen molar-refractivity contribution in [2.24, 2.45) is 0 Å². The van der Waals surface area contributed by atoms with Gasteiger partial charge >= 0.3 is 0 Å². The zero-order valence-corrected chi connectivity index (χ0v) is 9.84. The van der Waals surface area contributed by atoms with Crippen LogP contribution in [0.3, 0.4) is 0 Å². The molecule has 6 heteroatoms. The van der Waals surface area contributed by atoms with Crippen molar-refractivity contribution in [1.29, 1.82) is 0 Å². The van der Waals surface area contributed by atoms with Crippen molar-refractivity contribution >= 4 is 10.4 Å². The molecular weight excluding hydrogens is 206 g/mol. The SMILES string of the molecule is COS(=O)(=O)[O-].C[N+]1(C)CCCCC1. The molecule has 0 N–H and O–H groups in total. The molecule has 5 nitrogen and oxygen atoms in total. The molecule has 0 radical (unpaired) electrons. The van der Waals surface area contributed by atoms with Gasteiger partial charge in [-0.25, -0.2) is 8.42 Å². The van der Waals surface area contributed by atoms with Gasteiger partial charge in [-0.3, -0.25) is 4.18 Å². The molecule has 0 bridgehead atoms. The third kappa shape index (κ3) is 8.43. The molecule has 1 saturated heterocycles. The van der Waals surface area contributed by atoms with E-state index in [1.165, 1.54) is 36.8 Å². The minimum absolute atomic E-state index is 0.808. The van der Waals surface area contributed by atoms with Crippen LogP contribution < -0.4 is 0 Å². The van der Waals surface area contributed by atoms with E-state index in [-0.39, 0.29) is 0 Å². The van der Waals surface area contributed by atoms with Gasteiger partial charge in [-0.05, 0) is 19.3 Å². The summed E-state index contributed by atoms with van der Waals surface area (Å²) in [6.45, 7) is 2.78. The quantitative estimate of drug-likeness (QED) is 0.366. The molecule has 1 heterocycles. The van der Waals surface area contributed by atoms with E-state index in [1.54, 1.807) is 0 Å². The predicted molar refractivity (Wildman–Crippen MR) is 52.4 cm³/mol. The Morgan fingerprint density at radius 2 is 1.50 bits per heavy atom. The highest BCUT2D eigenvalue weighted by Gasteiger charge is 2.17. The van der Waals surface area contributed by atoms with Crippen LogP contribution in [0.5, 0.6) is 0 Å². The standard InChI is InChI=1S/C7H16N.CH4O4S/c1-8(2)6-4-3-5-7-8;1-5-6(2,3)4/h3-7H2,1-2H3;1H3,(H,2,3,4)/q+1;/p-1. The van der Waals surface area contributed by atoms with E-state index in [0.717, 1.165) is 7.11 Å². The second-order valence-corrected chi connectivity index (χ2v) is 5.17. The predicted octanol–water partition coefficient (Wildman–Crippen LogP) is 0.340. The normalized spacial score (nSPS) is 20.9. The largest absolute Gasteiger partial charge is 0.726 e. The lowest BCUT2D eigenvalue weighted by Gasteiger charge is -2.33. The van der Waals surface area contributed by atoms with Crippen molar-refractivity contribution in [3.05, 3.63) is 0 Å². The van der Waals surface area contributed by atoms with Gasteiger partial charge in [0.25, 0.3) is 0 Å². The van der Waals surface area contributed by atoms with Crippen LogP contribution in [-0.4, -0.2) is 51.7 Å². The summed E-state index contributed by atoms with van der Waals surface area (Å²) >= 11 is 0. The second-order valence-electron chi connectivity index (χ2n) is 4.02. The summed E-state index contributed by atoms with van der Waals surface area (Å²) in [7, 11) is 1.03. The molecule has 0 spiro atoms. The number of likely N-dealkylation sites (tertiary alicyclic amines) is 1. The van der Waals surface area contributed by atoms with E-state index in [2.05, 4.69) is 18.3 Å². The fraction of sp³-hybridized carbons (Fsp3) is 1.00. The molecular formula is C8H19NO4S. The third-order valence-corrected chi connectivity index (χ3v) is 2.64. The number of nitrogens with zero attached hydrogens (tertiary/aromatic N) is 1. The molecule has 86 valence electrons. The first-order valence-electron chi connectivity index (χ1n) is 4.60. The minimum Gasteiger partial charge on any atom is -0.726 e. The maximum atomic E-state index is 9.22. The summed E-state index contributed by atoms with van der Waals surface area (Å²) in [5, 5.41) is 0.